The number of H-pyrrole nitrogens is 1. The monoisotopic (exact) mass is 360 g/mol. The van der Waals surface area contributed by atoms with Crippen LogP contribution in [0.5, 0.6) is 0 Å². The minimum Gasteiger partial charge on any atom is -0.497 e. The van der Waals surface area contributed by atoms with Crippen molar-refractivity contribution in [2.75, 3.05) is 7.11 Å². The predicted molar refractivity (Wildman–Crippen MR) is 108 cm³/mol. The van der Waals surface area contributed by atoms with E-state index in [4.69, 9.17) is 4.74 Å². The molecule has 0 fully saturated rings. The van der Waals surface area contributed by atoms with Crippen molar-refractivity contribution >= 4 is 16.7 Å². The van der Waals surface area contributed by atoms with Crippen molar-refractivity contribution < 1.29 is 9.53 Å². The third-order valence-corrected chi connectivity index (χ3v) is 5.67. The first-order valence-corrected chi connectivity index (χ1v) is 9.02. The number of hydrogen-bond acceptors (Lipinski definition) is 3. The van der Waals surface area contributed by atoms with Gasteiger partial charge in [-0.2, -0.15) is 5.26 Å². The average Bonchev–Trinajstić information content (AvgIpc) is 3.06. The number of nitriles is 1. The number of fused-ring (bicyclic) bond motifs is 3. The number of aromatic nitrogens is 1. The van der Waals surface area contributed by atoms with Crippen LogP contribution < -0.4 is 0 Å². The quantitative estimate of drug-likeness (QED) is 0.592. The third kappa shape index (κ3) is 2.80. The van der Waals surface area contributed by atoms with Crippen LogP contribution in [-0.4, -0.2) is 17.9 Å². The molecule has 0 spiro atoms. The molecule has 0 saturated carbocycles. The first-order chi connectivity index (χ1) is 12.8. The number of Topliss-reactive ketones (excluding diaryl/α,β-unsaturated/α-hetero) is 1. The van der Waals surface area contributed by atoms with Gasteiger partial charge < -0.3 is 9.72 Å². The fourth-order valence-corrected chi connectivity index (χ4v) is 3.66. The Kier molecular flexibility index (Phi) is 4.57. The Morgan fingerprint density at radius 2 is 2.11 bits per heavy atom. The van der Waals surface area contributed by atoms with Crippen LogP contribution in [0, 0.1) is 11.3 Å². The smallest absolute Gasteiger partial charge is 0.195 e. The number of hydrogen-bond donors (Lipinski definition) is 1. The highest BCUT2D eigenvalue weighted by molar-refractivity contribution is 6.20. The zero-order valence-electron chi connectivity index (χ0n) is 16.5. The Labute approximate surface area is 159 Å². The lowest BCUT2D eigenvalue weighted by atomic mass is 9.71. The van der Waals surface area contributed by atoms with Crippen LogP contribution in [0.25, 0.3) is 10.9 Å². The molecule has 0 saturated heterocycles. The summed E-state index contributed by atoms with van der Waals surface area (Å²) in [7, 11) is 1.59. The molecular weight excluding hydrogens is 336 g/mol. The summed E-state index contributed by atoms with van der Waals surface area (Å²) in [5, 5.41) is 10.0. The van der Waals surface area contributed by atoms with E-state index in [0.717, 1.165) is 34.2 Å². The predicted octanol–water partition coefficient (Wildman–Crippen LogP) is 5.33. The maximum absolute atomic E-state index is 13.4. The van der Waals surface area contributed by atoms with Gasteiger partial charge in [0.2, 0.25) is 0 Å². The standard InChI is InChI=1S/C23H24N2O2/c1-7-16(14(3)27-6)11-18-13(2)23(4,5)22-20(21(18)26)17-9-8-15(12-24)10-19(17)25-22/h8-11,25H,3,7H2,1-2,4-6H3/b16-11-. The van der Waals surface area contributed by atoms with Crippen molar-refractivity contribution in [3.05, 3.63) is 70.2 Å². The molecule has 4 heteroatoms. The fourth-order valence-electron chi connectivity index (χ4n) is 3.66. The molecule has 1 N–H and O–H groups in total. The highest BCUT2D eigenvalue weighted by Crippen LogP contribution is 2.44. The molecule has 0 atom stereocenters. The number of ether oxygens (including phenoxy) is 1. The van der Waals surface area contributed by atoms with Gasteiger partial charge in [0.05, 0.1) is 24.3 Å². The van der Waals surface area contributed by atoms with Crippen LogP contribution >= 0.6 is 0 Å². The number of carbonyl (C=O) groups excluding carboxylic acids is 1. The number of methoxy groups -OCH3 is 1. The minimum atomic E-state index is -0.339. The fraction of sp³-hybridized carbons (Fsp3) is 0.304. The molecule has 1 aromatic heterocycles. The molecule has 1 aromatic carbocycles. The Morgan fingerprint density at radius 3 is 2.70 bits per heavy atom. The molecule has 2 aromatic rings. The minimum absolute atomic E-state index is 0.00682. The number of carbonyl (C=O) groups is 1. The van der Waals surface area contributed by atoms with E-state index in [0.29, 0.717) is 22.5 Å². The second-order valence-electron chi connectivity index (χ2n) is 7.39. The zero-order chi connectivity index (χ0) is 19.9. The largest absolute Gasteiger partial charge is 0.497 e. The van der Waals surface area contributed by atoms with E-state index in [2.05, 4.69) is 31.5 Å². The Morgan fingerprint density at radius 1 is 1.41 bits per heavy atom. The van der Waals surface area contributed by atoms with Crippen LogP contribution in [0.15, 0.2) is 53.3 Å². The first kappa shape index (κ1) is 18.7. The van der Waals surface area contributed by atoms with Crippen LogP contribution in [0.2, 0.25) is 0 Å². The number of ketones is 1. The topological polar surface area (TPSA) is 65.9 Å². The van der Waals surface area contributed by atoms with Crippen molar-refractivity contribution in [1.82, 2.24) is 4.98 Å². The van der Waals surface area contributed by atoms with Crippen LogP contribution in [-0.2, 0) is 10.2 Å². The van der Waals surface area contributed by atoms with E-state index in [9.17, 15) is 10.1 Å². The number of nitrogens with one attached hydrogen (secondary N) is 1. The van der Waals surface area contributed by atoms with Gasteiger partial charge in [0.15, 0.2) is 5.78 Å². The number of allylic oxidation sites excluding steroid dienone is 4. The number of benzene rings is 1. The highest BCUT2D eigenvalue weighted by Gasteiger charge is 2.39. The number of rotatable bonds is 4. The van der Waals surface area contributed by atoms with E-state index >= 15 is 0 Å². The molecule has 3 rings (SSSR count). The van der Waals surface area contributed by atoms with Gasteiger partial charge in [0, 0.05) is 27.6 Å². The summed E-state index contributed by atoms with van der Waals surface area (Å²) in [6.07, 6.45) is 2.64. The summed E-state index contributed by atoms with van der Waals surface area (Å²) in [5.41, 5.74) is 5.23. The summed E-state index contributed by atoms with van der Waals surface area (Å²) >= 11 is 0. The molecule has 1 aliphatic carbocycles. The van der Waals surface area contributed by atoms with Gasteiger partial charge in [-0.25, -0.2) is 0 Å². The van der Waals surface area contributed by atoms with Crippen molar-refractivity contribution in [2.45, 2.75) is 39.5 Å². The van der Waals surface area contributed by atoms with Gasteiger partial charge in [-0.05, 0) is 37.1 Å². The molecule has 0 radical (unpaired) electrons. The molecule has 1 heterocycles. The molecule has 1 aliphatic rings. The molecular formula is C23H24N2O2. The second kappa shape index (κ2) is 6.59. The normalized spacial score (nSPS) is 16.3. The molecule has 138 valence electrons. The Hall–Kier alpha value is -3.06. The van der Waals surface area contributed by atoms with Gasteiger partial charge in [-0.15, -0.1) is 0 Å². The van der Waals surface area contributed by atoms with Gasteiger partial charge in [0.1, 0.15) is 5.76 Å². The maximum atomic E-state index is 13.4. The van der Waals surface area contributed by atoms with Gasteiger partial charge in [-0.3, -0.25) is 4.79 Å². The molecule has 0 unspecified atom stereocenters. The molecule has 27 heavy (non-hydrogen) atoms. The summed E-state index contributed by atoms with van der Waals surface area (Å²) in [6.45, 7) is 12.2. The van der Waals surface area contributed by atoms with Crippen molar-refractivity contribution in [3.63, 3.8) is 0 Å². The average molecular weight is 360 g/mol. The van der Waals surface area contributed by atoms with Crippen molar-refractivity contribution in [3.8, 4) is 6.07 Å². The van der Waals surface area contributed by atoms with Gasteiger partial charge in [0.25, 0.3) is 0 Å². The van der Waals surface area contributed by atoms with E-state index in [-0.39, 0.29) is 11.2 Å². The molecule has 0 aliphatic heterocycles. The van der Waals surface area contributed by atoms with E-state index in [1.807, 2.05) is 26.0 Å². The molecule has 4 nitrogen and oxygen atoms in total. The SMILES string of the molecule is C=C(OC)/C(=C\C1=C(C)C(C)(C)c2[nH]c3cc(C#N)ccc3c2C1=O)CC. The first-order valence-electron chi connectivity index (χ1n) is 9.02. The Bertz CT molecular complexity index is 1070. The lowest BCUT2D eigenvalue weighted by Crippen LogP contribution is -2.29. The van der Waals surface area contributed by atoms with Crippen LogP contribution in [0.3, 0.4) is 0 Å². The number of nitrogens with zero attached hydrogens (tertiary/aromatic N) is 1. The zero-order valence-corrected chi connectivity index (χ0v) is 16.5. The number of aromatic amines is 1. The summed E-state index contributed by atoms with van der Waals surface area (Å²) in [6, 6.07) is 7.56. The van der Waals surface area contributed by atoms with Gasteiger partial charge >= 0.3 is 0 Å². The van der Waals surface area contributed by atoms with Crippen LogP contribution in [0.1, 0.15) is 55.7 Å². The maximum Gasteiger partial charge on any atom is 0.195 e. The van der Waals surface area contributed by atoms with E-state index < -0.39 is 0 Å². The highest BCUT2D eigenvalue weighted by atomic mass is 16.5. The van der Waals surface area contributed by atoms with Gasteiger partial charge in [-0.1, -0.05) is 39.0 Å². The second-order valence-corrected chi connectivity index (χ2v) is 7.39. The molecule has 0 bridgehead atoms. The summed E-state index contributed by atoms with van der Waals surface area (Å²) in [5.74, 6) is 0.569. The Balaban J connectivity index is 2.27. The van der Waals surface area contributed by atoms with E-state index in [1.54, 1.807) is 19.2 Å². The van der Waals surface area contributed by atoms with Crippen LogP contribution in [0.4, 0.5) is 0 Å². The van der Waals surface area contributed by atoms with Crippen molar-refractivity contribution in [1.29, 1.82) is 5.26 Å². The third-order valence-electron chi connectivity index (χ3n) is 5.67. The lowest BCUT2D eigenvalue weighted by Gasteiger charge is -2.32. The summed E-state index contributed by atoms with van der Waals surface area (Å²) < 4.78 is 5.28. The summed E-state index contributed by atoms with van der Waals surface area (Å²) in [4.78, 5) is 16.8. The van der Waals surface area contributed by atoms with E-state index in [1.165, 1.54) is 0 Å². The molecule has 0 amide bonds. The lowest BCUT2D eigenvalue weighted by molar-refractivity contribution is 0.103. The van der Waals surface area contributed by atoms with Crippen molar-refractivity contribution in [2.24, 2.45) is 0 Å².